The van der Waals surface area contributed by atoms with Crippen molar-refractivity contribution in [2.45, 2.75) is 26.2 Å². The van der Waals surface area contributed by atoms with E-state index in [1.54, 1.807) is 6.92 Å². The lowest BCUT2D eigenvalue weighted by Gasteiger charge is -2.10. The van der Waals surface area contributed by atoms with Gasteiger partial charge in [0.15, 0.2) is 11.5 Å². The molecule has 0 spiro atoms. The minimum atomic E-state index is -0.746. The van der Waals surface area contributed by atoms with E-state index in [1.807, 2.05) is 18.2 Å². The van der Waals surface area contributed by atoms with Crippen LogP contribution in [-0.4, -0.2) is 24.3 Å². The third kappa shape index (κ3) is 3.15. The van der Waals surface area contributed by atoms with Gasteiger partial charge >= 0.3 is 5.97 Å². The number of carbonyl (C=O) groups is 1. The molecule has 1 aromatic carbocycles. The molecule has 1 heterocycles. The minimum absolute atomic E-state index is 0.319. The van der Waals surface area contributed by atoms with Crippen LogP contribution in [-0.2, 0) is 11.2 Å². The number of carboxylic acids is 1. The van der Waals surface area contributed by atoms with E-state index in [-0.39, 0.29) is 5.92 Å². The maximum atomic E-state index is 10.8. The van der Waals surface area contributed by atoms with Crippen molar-refractivity contribution in [1.82, 2.24) is 0 Å². The van der Waals surface area contributed by atoms with Gasteiger partial charge in [0, 0.05) is 6.42 Å². The first-order valence-electron chi connectivity index (χ1n) is 6.28. The van der Waals surface area contributed by atoms with Gasteiger partial charge < -0.3 is 14.6 Å². The zero-order valence-corrected chi connectivity index (χ0v) is 10.5. The topological polar surface area (TPSA) is 55.8 Å². The summed E-state index contributed by atoms with van der Waals surface area (Å²) in [7, 11) is 0. The van der Waals surface area contributed by atoms with Gasteiger partial charge in [-0.2, -0.15) is 0 Å². The first kappa shape index (κ1) is 12.7. The van der Waals surface area contributed by atoms with Crippen LogP contribution in [0.5, 0.6) is 11.5 Å². The van der Waals surface area contributed by atoms with Gasteiger partial charge in [-0.05, 0) is 30.5 Å². The van der Waals surface area contributed by atoms with Crippen molar-refractivity contribution < 1.29 is 19.4 Å². The number of benzene rings is 1. The monoisotopic (exact) mass is 250 g/mol. The van der Waals surface area contributed by atoms with Gasteiger partial charge in [0.25, 0.3) is 0 Å². The number of hydrogen-bond acceptors (Lipinski definition) is 3. The van der Waals surface area contributed by atoms with Crippen molar-refractivity contribution in [2.75, 3.05) is 13.2 Å². The molecule has 1 aliphatic heterocycles. The molecule has 4 heteroatoms. The Hall–Kier alpha value is -1.71. The average Bonchev–Trinajstić information content (AvgIpc) is 2.60. The summed E-state index contributed by atoms with van der Waals surface area (Å²) in [4.78, 5) is 10.8. The number of rotatable bonds is 4. The number of aryl methyl sites for hydroxylation is 1. The standard InChI is InChI=1S/C14H18O4/c1-10(14(15)16)3-4-11-5-6-12-13(9-11)18-8-2-7-17-12/h5-6,9-10H,2-4,7-8H2,1H3,(H,15,16). The molecule has 1 N–H and O–H groups in total. The fourth-order valence-corrected chi connectivity index (χ4v) is 1.87. The minimum Gasteiger partial charge on any atom is -0.490 e. The highest BCUT2D eigenvalue weighted by Gasteiger charge is 2.13. The second kappa shape index (κ2) is 5.76. The van der Waals surface area contributed by atoms with E-state index in [9.17, 15) is 4.79 Å². The Kier molecular flexibility index (Phi) is 4.07. The Balaban J connectivity index is 2.02. The van der Waals surface area contributed by atoms with E-state index in [0.717, 1.165) is 29.9 Å². The molecule has 0 aromatic heterocycles. The Morgan fingerprint density at radius 3 is 2.78 bits per heavy atom. The fraction of sp³-hybridized carbons (Fsp3) is 0.500. The first-order valence-corrected chi connectivity index (χ1v) is 6.28. The van der Waals surface area contributed by atoms with Gasteiger partial charge in [-0.3, -0.25) is 4.79 Å². The first-order chi connectivity index (χ1) is 8.66. The smallest absolute Gasteiger partial charge is 0.306 e. The Morgan fingerprint density at radius 2 is 2.06 bits per heavy atom. The number of carboxylic acid groups (broad SMARTS) is 1. The molecule has 1 aliphatic rings. The number of fused-ring (bicyclic) bond motifs is 1. The molecule has 0 radical (unpaired) electrons. The normalized spacial score (nSPS) is 15.8. The lowest BCUT2D eigenvalue weighted by atomic mass is 10.0. The largest absolute Gasteiger partial charge is 0.490 e. The van der Waals surface area contributed by atoms with E-state index in [1.165, 1.54) is 0 Å². The molecule has 2 rings (SSSR count). The van der Waals surface area contributed by atoms with Crippen LogP contribution in [0.3, 0.4) is 0 Å². The number of ether oxygens (including phenoxy) is 2. The van der Waals surface area contributed by atoms with Gasteiger partial charge in [-0.1, -0.05) is 13.0 Å². The Bertz CT molecular complexity index is 428. The quantitative estimate of drug-likeness (QED) is 0.892. The summed E-state index contributed by atoms with van der Waals surface area (Å²) < 4.78 is 11.2. The lowest BCUT2D eigenvalue weighted by Crippen LogP contribution is -2.10. The van der Waals surface area contributed by atoms with Crippen molar-refractivity contribution in [3.05, 3.63) is 23.8 Å². The summed E-state index contributed by atoms with van der Waals surface area (Å²) >= 11 is 0. The second-order valence-corrected chi connectivity index (χ2v) is 4.61. The van der Waals surface area contributed by atoms with E-state index in [0.29, 0.717) is 19.6 Å². The summed E-state index contributed by atoms with van der Waals surface area (Å²) in [6.45, 7) is 3.08. The van der Waals surface area contributed by atoms with Crippen LogP contribution in [0.1, 0.15) is 25.3 Å². The van der Waals surface area contributed by atoms with Gasteiger partial charge in [0.2, 0.25) is 0 Å². The molecule has 0 amide bonds. The van der Waals surface area contributed by atoms with Gasteiger partial charge in [0.05, 0.1) is 19.1 Å². The maximum absolute atomic E-state index is 10.8. The van der Waals surface area contributed by atoms with Crippen LogP contribution in [0.25, 0.3) is 0 Å². The lowest BCUT2D eigenvalue weighted by molar-refractivity contribution is -0.141. The van der Waals surface area contributed by atoms with Crippen LogP contribution < -0.4 is 9.47 Å². The van der Waals surface area contributed by atoms with E-state index >= 15 is 0 Å². The predicted octanol–water partition coefficient (Wildman–Crippen LogP) is 2.50. The highest BCUT2D eigenvalue weighted by atomic mass is 16.5. The van der Waals surface area contributed by atoms with Crippen LogP contribution in [0.15, 0.2) is 18.2 Å². The van der Waals surface area contributed by atoms with Gasteiger partial charge in [-0.25, -0.2) is 0 Å². The third-order valence-corrected chi connectivity index (χ3v) is 3.10. The molecule has 0 aliphatic carbocycles. The summed E-state index contributed by atoms with van der Waals surface area (Å²) in [5.74, 6) is 0.487. The molecule has 1 unspecified atom stereocenters. The van der Waals surface area contributed by atoms with Crippen molar-refractivity contribution in [2.24, 2.45) is 5.92 Å². The van der Waals surface area contributed by atoms with E-state index < -0.39 is 5.97 Å². The van der Waals surface area contributed by atoms with Gasteiger partial charge in [-0.15, -0.1) is 0 Å². The van der Waals surface area contributed by atoms with E-state index in [2.05, 4.69) is 0 Å². The van der Waals surface area contributed by atoms with Crippen LogP contribution in [0, 0.1) is 5.92 Å². The Morgan fingerprint density at radius 1 is 1.33 bits per heavy atom. The maximum Gasteiger partial charge on any atom is 0.306 e. The summed E-state index contributed by atoms with van der Waals surface area (Å²) in [5.41, 5.74) is 1.09. The molecule has 0 fully saturated rings. The molecule has 0 bridgehead atoms. The molecule has 98 valence electrons. The molecule has 18 heavy (non-hydrogen) atoms. The van der Waals surface area contributed by atoms with Gasteiger partial charge in [0.1, 0.15) is 0 Å². The highest BCUT2D eigenvalue weighted by Crippen LogP contribution is 2.31. The van der Waals surface area contributed by atoms with E-state index in [4.69, 9.17) is 14.6 Å². The summed E-state index contributed by atoms with van der Waals surface area (Å²) in [6.07, 6.45) is 2.26. The predicted molar refractivity (Wildman–Crippen MR) is 67.2 cm³/mol. The number of hydrogen-bond donors (Lipinski definition) is 1. The Labute approximate surface area is 107 Å². The molecule has 1 aromatic rings. The highest BCUT2D eigenvalue weighted by molar-refractivity contribution is 5.69. The fourth-order valence-electron chi connectivity index (χ4n) is 1.87. The van der Waals surface area contributed by atoms with Crippen molar-refractivity contribution in [1.29, 1.82) is 0 Å². The molecule has 0 saturated heterocycles. The second-order valence-electron chi connectivity index (χ2n) is 4.61. The summed E-state index contributed by atoms with van der Waals surface area (Å²) in [5, 5.41) is 8.84. The number of aliphatic carboxylic acids is 1. The van der Waals surface area contributed by atoms with Crippen LogP contribution in [0.4, 0.5) is 0 Å². The van der Waals surface area contributed by atoms with Crippen LogP contribution >= 0.6 is 0 Å². The zero-order chi connectivity index (χ0) is 13.0. The molecular weight excluding hydrogens is 232 g/mol. The van der Waals surface area contributed by atoms with Crippen LogP contribution in [0.2, 0.25) is 0 Å². The zero-order valence-electron chi connectivity index (χ0n) is 10.5. The average molecular weight is 250 g/mol. The van der Waals surface area contributed by atoms with Crippen molar-refractivity contribution >= 4 is 5.97 Å². The molecule has 0 saturated carbocycles. The molecular formula is C14H18O4. The van der Waals surface area contributed by atoms with Crippen molar-refractivity contribution in [3.8, 4) is 11.5 Å². The molecule has 1 atom stereocenters. The SMILES string of the molecule is CC(CCc1ccc2c(c1)OCCCO2)C(=O)O. The third-order valence-electron chi connectivity index (χ3n) is 3.10. The molecule has 4 nitrogen and oxygen atoms in total. The van der Waals surface area contributed by atoms with Crippen molar-refractivity contribution in [3.63, 3.8) is 0 Å². The summed E-state index contributed by atoms with van der Waals surface area (Å²) in [6, 6.07) is 5.83.